The van der Waals surface area contributed by atoms with Gasteiger partial charge in [0.15, 0.2) is 18.8 Å². The Hall–Kier alpha value is -2.14. The van der Waals surface area contributed by atoms with Gasteiger partial charge in [0.1, 0.15) is 0 Å². The molecule has 0 aliphatic rings. The van der Waals surface area contributed by atoms with Gasteiger partial charge in [0, 0.05) is 17.7 Å². The highest BCUT2D eigenvalue weighted by molar-refractivity contribution is 5.32. The van der Waals surface area contributed by atoms with E-state index in [9.17, 15) is 0 Å². The minimum absolute atomic E-state index is 0.688. The van der Waals surface area contributed by atoms with Crippen LogP contribution >= 0.6 is 0 Å². The molecule has 1 aromatic carbocycles. The van der Waals surface area contributed by atoms with Crippen molar-refractivity contribution < 1.29 is 4.57 Å². The average Bonchev–Trinajstić information content (AvgIpc) is 2.35. The molecule has 0 fully saturated rings. The van der Waals surface area contributed by atoms with Gasteiger partial charge in [0.2, 0.25) is 0 Å². The second-order valence-corrected chi connectivity index (χ2v) is 4.18. The number of hydrogen-bond donors (Lipinski definition) is 0. The Balaban J connectivity index is 2.39. The Morgan fingerprint density at radius 3 is 2.71 bits per heavy atom. The van der Waals surface area contributed by atoms with Gasteiger partial charge in [0.25, 0.3) is 5.69 Å². The summed E-state index contributed by atoms with van der Waals surface area (Å²) in [5.41, 5.74) is 4.54. The van der Waals surface area contributed by atoms with Crippen molar-refractivity contribution in [3.05, 3.63) is 65.0 Å². The van der Waals surface area contributed by atoms with E-state index in [0.717, 1.165) is 6.54 Å². The van der Waals surface area contributed by atoms with Crippen LogP contribution in [0.5, 0.6) is 0 Å². The van der Waals surface area contributed by atoms with Crippen LogP contribution < -0.4 is 4.57 Å². The first kappa shape index (κ1) is 11.3. The number of hydrogen-bond acceptors (Lipinski definition) is 1. The molecule has 0 saturated heterocycles. The van der Waals surface area contributed by atoms with Crippen LogP contribution in [0.2, 0.25) is 0 Å². The minimum atomic E-state index is 0.688. The number of rotatable bonds is 2. The highest BCUT2D eigenvalue weighted by Crippen LogP contribution is 2.12. The standard InChI is InChI=1S/C15H15N2/c1-12-6-5-7-14(13(12)2)11-17-9-4-3-8-15(17)10-16/h3-9H,11H2,1-2H3/q+1. The van der Waals surface area contributed by atoms with Gasteiger partial charge in [-0.3, -0.25) is 0 Å². The second kappa shape index (κ2) is 4.80. The molecule has 1 heterocycles. The summed E-state index contributed by atoms with van der Waals surface area (Å²) >= 11 is 0. The van der Waals surface area contributed by atoms with E-state index in [1.165, 1.54) is 16.7 Å². The van der Waals surface area contributed by atoms with Crippen LogP contribution in [0.1, 0.15) is 22.4 Å². The molecule has 0 unspecified atom stereocenters. The number of nitriles is 1. The Bertz CT molecular complexity index is 580. The molecule has 0 atom stereocenters. The quantitative estimate of drug-likeness (QED) is 0.719. The number of aromatic nitrogens is 1. The van der Waals surface area contributed by atoms with Gasteiger partial charge in [-0.2, -0.15) is 9.83 Å². The molecule has 2 aromatic rings. The molecule has 0 amide bonds. The summed E-state index contributed by atoms with van der Waals surface area (Å²) in [6.45, 7) is 4.98. The van der Waals surface area contributed by atoms with Gasteiger partial charge in [-0.05, 0) is 31.0 Å². The average molecular weight is 223 g/mol. The lowest BCUT2D eigenvalue weighted by Gasteiger charge is -2.05. The van der Waals surface area contributed by atoms with E-state index in [-0.39, 0.29) is 0 Å². The monoisotopic (exact) mass is 223 g/mol. The summed E-state index contributed by atoms with van der Waals surface area (Å²) < 4.78 is 1.97. The lowest BCUT2D eigenvalue weighted by atomic mass is 10.0. The molecule has 84 valence electrons. The van der Waals surface area contributed by atoms with Crippen molar-refractivity contribution in [3.63, 3.8) is 0 Å². The normalized spacial score (nSPS) is 9.94. The van der Waals surface area contributed by atoms with Gasteiger partial charge in [-0.1, -0.05) is 18.2 Å². The molecule has 0 aliphatic heterocycles. The summed E-state index contributed by atoms with van der Waals surface area (Å²) in [7, 11) is 0. The van der Waals surface area contributed by atoms with Crippen molar-refractivity contribution in [3.8, 4) is 6.07 Å². The second-order valence-electron chi connectivity index (χ2n) is 4.18. The predicted octanol–water partition coefficient (Wildman–Crippen LogP) is 2.51. The third kappa shape index (κ3) is 2.34. The fourth-order valence-corrected chi connectivity index (χ4v) is 1.88. The van der Waals surface area contributed by atoms with Gasteiger partial charge >= 0.3 is 0 Å². The zero-order valence-corrected chi connectivity index (χ0v) is 10.1. The van der Waals surface area contributed by atoms with Gasteiger partial charge < -0.3 is 0 Å². The van der Waals surface area contributed by atoms with Crippen molar-refractivity contribution in [2.24, 2.45) is 0 Å². The van der Waals surface area contributed by atoms with Crippen LogP contribution in [0.15, 0.2) is 42.6 Å². The van der Waals surface area contributed by atoms with E-state index >= 15 is 0 Å². The first-order valence-electron chi connectivity index (χ1n) is 5.66. The maximum absolute atomic E-state index is 9.05. The number of pyridine rings is 1. The van der Waals surface area contributed by atoms with Crippen molar-refractivity contribution in [2.75, 3.05) is 0 Å². The third-order valence-corrected chi connectivity index (χ3v) is 3.11. The smallest absolute Gasteiger partial charge is 0.186 e. The van der Waals surface area contributed by atoms with E-state index < -0.39 is 0 Å². The first-order chi connectivity index (χ1) is 8.22. The van der Waals surface area contributed by atoms with Crippen molar-refractivity contribution in [1.82, 2.24) is 0 Å². The highest BCUT2D eigenvalue weighted by atomic mass is 14.9. The molecule has 2 heteroatoms. The minimum Gasteiger partial charge on any atom is -0.186 e. The van der Waals surface area contributed by atoms with Crippen LogP contribution in [0, 0.1) is 25.2 Å². The molecule has 0 spiro atoms. The summed E-state index contributed by atoms with van der Waals surface area (Å²) in [5.74, 6) is 0. The molecule has 0 saturated carbocycles. The van der Waals surface area contributed by atoms with Gasteiger partial charge in [0.05, 0.1) is 0 Å². The lowest BCUT2D eigenvalue weighted by Crippen LogP contribution is -2.37. The zero-order chi connectivity index (χ0) is 12.3. The van der Waals surface area contributed by atoms with Crippen molar-refractivity contribution in [2.45, 2.75) is 20.4 Å². The molecule has 1 aromatic heterocycles. The van der Waals surface area contributed by atoms with Crippen LogP contribution in [0.25, 0.3) is 0 Å². The fraction of sp³-hybridized carbons (Fsp3) is 0.200. The Morgan fingerprint density at radius 1 is 1.12 bits per heavy atom. The van der Waals surface area contributed by atoms with Crippen LogP contribution in [-0.2, 0) is 6.54 Å². The summed E-state index contributed by atoms with van der Waals surface area (Å²) in [6, 6.07) is 14.2. The molecule has 2 rings (SSSR count). The number of aryl methyl sites for hydroxylation is 1. The SMILES string of the molecule is Cc1cccc(C[n+]2ccccc2C#N)c1C. The molecule has 17 heavy (non-hydrogen) atoms. The number of benzene rings is 1. The maximum Gasteiger partial charge on any atom is 0.283 e. The lowest BCUT2D eigenvalue weighted by molar-refractivity contribution is -0.690. The van der Waals surface area contributed by atoms with E-state index in [1.54, 1.807) is 0 Å². The molecular formula is C15H15N2+. The molecular weight excluding hydrogens is 208 g/mol. The predicted molar refractivity (Wildman–Crippen MR) is 66.4 cm³/mol. The highest BCUT2D eigenvalue weighted by Gasteiger charge is 2.11. The molecule has 0 radical (unpaired) electrons. The first-order valence-corrected chi connectivity index (χ1v) is 5.66. The zero-order valence-electron chi connectivity index (χ0n) is 10.1. The van der Waals surface area contributed by atoms with Crippen molar-refractivity contribution in [1.29, 1.82) is 5.26 Å². The Morgan fingerprint density at radius 2 is 1.94 bits per heavy atom. The van der Waals surface area contributed by atoms with E-state index in [0.29, 0.717) is 5.69 Å². The Kier molecular flexibility index (Phi) is 3.20. The molecule has 2 nitrogen and oxygen atoms in total. The molecule has 0 bridgehead atoms. The fourth-order valence-electron chi connectivity index (χ4n) is 1.88. The topological polar surface area (TPSA) is 27.7 Å². The van der Waals surface area contributed by atoms with E-state index in [4.69, 9.17) is 5.26 Å². The summed E-state index contributed by atoms with van der Waals surface area (Å²) in [5, 5.41) is 9.05. The van der Waals surface area contributed by atoms with E-state index in [1.807, 2.05) is 29.0 Å². The Labute approximate surface area is 102 Å². The van der Waals surface area contributed by atoms with Crippen LogP contribution in [0.4, 0.5) is 0 Å². The van der Waals surface area contributed by atoms with Crippen LogP contribution in [-0.4, -0.2) is 0 Å². The van der Waals surface area contributed by atoms with Gasteiger partial charge in [-0.25, -0.2) is 0 Å². The number of nitrogens with zero attached hydrogens (tertiary/aromatic N) is 2. The maximum atomic E-state index is 9.05. The molecule has 0 aliphatic carbocycles. The summed E-state index contributed by atoms with van der Waals surface area (Å²) in [6.07, 6.45) is 1.94. The molecule has 0 N–H and O–H groups in total. The van der Waals surface area contributed by atoms with Crippen LogP contribution in [0.3, 0.4) is 0 Å². The van der Waals surface area contributed by atoms with Gasteiger partial charge in [-0.15, -0.1) is 0 Å². The van der Waals surface area contributed by atoms with Crippen molar-refractivity contribution >= 4 is 0 Å². The largest absolute Gasteiger partial charge is 0.283 e. The van der Waals surface area contributed by atoms with E-state index in [2.05, 4.69) is 38.1 Å². The third-order valence-electron chi connectivity index (χ3n) is 3.11. The summed E-state index contributed by atoms with van der Waals surface area (Å²) in [4.78, 5) is 0.